The van der Waals surface area contributed by atoms with Crippen LogP contribution in [0.3, 0.4) is 0 Å². The number of hydrogen-bond acceptors (Lipinski definition) is 8. The number of carbonyl (C=O) groups excluding carboxylic acids is 2. The van der Waals surface area contributed by atoms with Crippen molar-refractivity contribution in [1.29, 1.82) is 0 Å². The Morgan fingerprint density at radius 3 is 0.942 bits per heavy atom. The van der Waals surface area contributed by atoms with E-state index in [0.29, 0.717) is 42.6 Å². The lowest BCUT2D eigenvalue weighted by Crippen LogP contribution is -2.50. The summed E-state index contributed by atoms with van der Waals surface area (Å²) in [4.78, 5) is 54.2. The third-order valence-electron chi connectivity index (χ3n) is 17.8. The lowest BCUT2D eigenvalue weighted by molar-refractivity contribution is -0.496. The largest absolute Gasteiger partial charge is 0.490 e. The summed E-state index contributed by atoms with van der Waals surface area (Å²) in [5, 5.41) is 21.0. The van der Waals surface area contributed by atoms with Crippen LogP contribution >= 0.6 is 0 Å². The number of unbranched alkanes of at least 4 members (excludes halogenated alkanes) is 45. The number of carboxylic acids is 1. The summed E-state index contributed by atoms with van der Waals surface area (Å²) in [5.74, 6) is -0.167. The molecule has 0 spiro atoms. The van der Waals surface area contributed by atoms with Gasteiger partial charge in [-0.25, -0.2) is 4.79 Å². The average Bonchev–Trinajstić information content (AvgIpc) is 1.35. The summed E-state index contributed by atoms with van der Waals surface area (Å²) in [6.45, 7) is 8.78. The first-order chi connectivity index (χ1) is 42.2. The fourth-order valence-electron chi connectivity index (χ4n) is 12.2. The number of piperazine rings is 1. The molecule has 2 aromatic carbocycles. The Balaban J connectivity index is 1.63. The first-order valence-electron chi connectivity index (χ1n) is 36.3. The Kier molecular flexibility index (Phi) is 46.4. The molecule has 1 fully saturated rings. The molecule has 1 heterocycles. The van der Waals surface area contributed by atoms with Gasteiger partial charge in [0.2, 0.25) is 12.3 Å². The van der Waals surface area contributed by atoms with Crippen LogP contribution in [0.2, 0.25) is 0 Å². The molecule has 1 aliphatic heterocycles. The van der Waals surface area contributed by atoms with E-state index in [1.807, 2.05) is 12.1 Å². The van der Waals surface area contributed by atoms with Gasteiger partial charge in [-0.2, -0.15) is 0 Å². The van der Waals surface area contributed by atoms with Gasteiger partial charge in [-0.3, -0.25) is 19.7 Å². The highest BCUT2D eigenvalue weighted by atomic mass is 16.6. The third-order valence-corrected chi connectivity index (χ3v) is 17.8. The van der Waals surface area contributed by atoms with Crippen LogP contribution in [0.25, 0.3) is 0 Å². The van der Waals surface area contributed by atoms with Crippen LogP contribution in [-0.2, 0) is 6.54 Å². The number of nitro groups is 1. The predicted molar refractivity (Wildman–Crippen MR) is 357 cm³/mol. The molecule has 0 radical (unpaired) electrons. The number of carbonyl (C=O) groups is 3. The van der Waals surface area contributed by atoms with Crippen LogP contribution in [0.4, 0.5) is 0 Å². The van der Waals surface area contributed by atoms with Gasteiger partial charge >= 0.3 is 5.97 Å². The third kappa shape index (κ3) is 36.8. The smallest absolute Gasteiger partial charge is 0.336 e. The van der Waals surface area contributed by atoms with E-state index in [1.54, 1.807) is 9.80 Å². The van der Waals surface area contributed by atoms with Gasteiger partial charge in [-0.15, -0.1) is 0 Å². The zero-order chi connectivity index (χ0) is 61.8. The zero-order valence-corrected chi connectivity index (χ0v) is 55.5. The van der Waals surface area contributed by atoms with Gasteiger partial charge in [0.1, 0.15) is 0 Å². The fourth-order valence-corrected chi connectivity index (χ4v) is 12.2. The van der Waals surface area contributed by atoms with E-state index in [9.17, 15) is 29.6 Å². The predicted octanol–water partition coefficient (Wildman–Crippen LogP) is 21.7. The molecule has 3 rings (SSSR count). The number of rotatable bonds is 59. The topological polar surface area (TPSA) is 149 Å². The van der Waals surface area contributed by atoms with Crippen LogP contribution in [-0.4, -0.2) is 83.6 Å². The highest BCUT2D eigenvalue weighted by molar-refractivity contribution is 5.98. The lowest BCUT2D eigenvalue weighted by atomic mass is 10.0. The summed E-state index contributed by atoms with van der Waals surface area (Å²) in [7, 11) is 0. The van der Waals surface area contributed by atoms with E-state index < -0.39 is 17.4 Å². The molecule has 2 amide bonds. The van der Waals surface area contributed by atoms with E-state index in [-0.39, 0.29) is 54.7 Å². The molecule has 2 aromatic rings. The van der Waals surface area contributed by atoms with Crippen LogP contribution in [0, 0.1) is 10.1 Å². The fraction of sp³-hybridized carbons (Fsp3) is 0.797. The maximum absolute atomic E-state index is 14.6. The molecule has 0 aromatic heterocycles. The molecule has 492 valence electrons. The van der Waals surface area contributed by atoms with E-state index in [0.717, 1.165) is 38.5 Å². The lowest BCUT2D eigenvalue weighted by Gasteiger charge is -2.35. The molecule has 0 unspecified atom stereocenters. The Morgan fingerprint density at radius 1 is 0.395 bits per heavy atom. The molecule has 1 aliphatic rings. The van der Waals surface area contributed by atoms with E-state index in [2.05, 4.69) is 20.8 Å². The number of amides is 2. The van der Waals surface area contributed by atoms with Gasteiger partial charge in [0.05, 0.1) is 25.4 Å². The highest BCUT2D eigenvalue weighted by Crippen LogP contribution is 2.40. The molecule has 12 heteroatoms. The number of carboxylic acid groups (broad SMARTS) is 1. The highest BCUT2D eigenvalue weighted by Gasteiger charge is 2.29. The summed E-state index contributed by atoms with van der Waals surface area (Å²) >= 11 is 0. The first kappa shape index (κ1) is 75.9. The summed E-state index contributed by atoms with van der Waals surface area (Å²) < 4.78 is 20.0. The number of aromatic carboxylic acids is 1. The molecule has 1 saturated heterocycles. The minimum atomic E-state index is -1.29. The summed E-state index contributed by atoms with van der Waals surface area (Å²) in [6, 6.07) is 7.62. The van der Waals surface area contributed by atoms with E-state index >= 15 is 0 Å². The van der Waals surface area contributed by atoms with Crippen molar-refractivity contribution in [3.8, 4) is 17.2 Å². The molecule has 86 heavy (non-hydrogen) atoms. The molecular weight excluding hydrogens is 1070 g/mol. The summed E-state index contributed by atoms with van der Waals surface area (Å²) in [5.41, 5.74) is 0.406. The van der Waals surface area contributed by atoms with Crippen molar-refractivity contribution in [2.24, 2.45) is 0 Å². The van der Waals surface area contributed by atoms with Crippen LogP contribution in [0.15, 0.2) is 30.3 Å². The number of hydrogen-bond donors (Lipinski definition) is 1. The number of benzene rings is 2. The Bertz CT molecular complexity index is 1960. The Morgan fingerprint density at radius 2 is 0.663 bits per heavy atom. The van der Waals surface area contributed by atoms with Crippen molar-refractivity contribution in [2.45, 2.75) is 336 Å². The minimum absolute atomic E-state index is 0.0275. The molecule has 0 atom stereocenters. The normalized spacial score (nSPS) is 12.5. The van der Waals surface area contributed by atoms with Gasteiger partial charge < -0.3 is 29.1 Å². The number of nitrogens with zero attached hydrogens (tertiary/aromatic N) is 3. The van der Waals surface area contributed by atoms with E-state index in [4.69, 9.17) is 14.2 Å². The second-order valence-corrected chi connectivity index (χ2v) is 25.5. The van der Waals surface area contributed by atoms with Gasteiger partial charge in [-0.05, 0) is 49.6 Å². The SMILES string of the molecule is CCCCCCCCCCCCCCCCCCOc1cc(C(=O)N2CCN(C(=O)c3ccc(C(=O)O)c(C[N+](=O)[O-])c3)CC2)cc(OCCCCCCCCCCCCCCCCCC)c1OCCCCCCCCCCCCCCCCCC. The maximum atomic E-state index is 14.6. The molecule has 0 bridgehead atoms. The molecule has 12 nitrogen and oxygen atoms in total. The maximum Gasteiger partial charge on any atom is 0.336 e. The molecule has 0 saturated carbocycles. The zero-order valence-electron chi connectivity index (χ0n) is 55.5. The van der Waals surface area contributed by atoms with Crippen LogP contribution < -0.4 is 14.2 Å². The summed E-state index contributed by atoms with van der Waals surface area (Å²) in [6.07, 6.45) is 62.4. The second-order valence-electron chi connectivity index (χ2n) is 25.5. The van der Waals surface area contributed by atoms with Crippen molar-refractivity contribution < 1.29 is 38.6 Å². The van der Waals surface area contributed by atoms with Crippen LogP contribution in [0.5, 0.6) is 17.2 Å². The monoisotopic (exact) mass is 1200 g/mol. The van der Waals surface area contributed by atoms with Crippen molar-refractivity contribution in [3.05, 3.63) is 62.7 Å². The molecular formula is C74H127N3O9. The minimum Gasteiger partial charge on any atom is -0.490 e. The van der Waals surface area contributed by atoms with Gasteiger partial charge in [0, 0.05) is 47.8 Å². The van der Waals surface area contributed by atoms with Crippen molar-refractivity contribution in [3.63, 3.8) is 0 Å². The van der Waals surface area contributed by atoms with Crippen molar-refractivity contribution in [1.82, 2.24) is 9.80 Å². The Labute approximate surface area is 525 Å². The van der Waals surface area contributed by atoms with Gasteiger partial charge in [0.25, 0.3) is 11.8 Å². The average molecular weight is 1200 g/mol. The molecule has 1 N–H and O–H groups in total. The molecule has 0 aliphatic carbocycles. The van der Waals surface area contributed by atoms with Gasteiger partial charge in [-0.1, -0.05) is 310 Å². The number of ether oxygens (including phenoxy) is 3. The van der Waals surface area contributed by atoms with E-state index in [1.165, 1.54) is 288 Å². The van der Waals surface area contributed by atoms with Crippen molar-refractivity contribution in [2.75, 3.05) is 46.0 Å². The van der Waals surface area contributed by atoms with Gasteiger partial charge in [0.15, 0.2) is 11.5 Å². The second kappa shape index (κ2) is 52.6. The van der Waals surface area contributed by atoms with Crippen LogP contribution in [0.1, 0.15) is 366 Å². The standard InChI is InChI=1S/C74H127N3O9/c1-4-7-10-13-16-19-22-25-28-31-34-37-40-43-46-49-58-84-69-62-66(73(79)76-56-54-75(55-57-76)72(78)65-52-53-68(74(80)81)67(61-65)64-77(82)83)63-70(85-59-50-47-44-41-38-35-32-29-26-23-20-17-14-11-8-5-2)71(69)86-60-51-48-45-42-39-36-33-30-27-24-21-18-15-12-9-6-3/h52-53,61-63H,4-51,54-60,64H2,1-3H3,(H,80,81). The van der Waals surface area contributed by atoms with Crippen molar-refractivity contribution >= 4 is 17.8 Å². The quantitative estimate of drug-likeness (QED) is 0.0388. The first-order valence-corrected chi connectivity index (χ1v) is 36.3. The Hall–Kier alpha value is -4.35.